The standard InChI is InChI=1S/C19H22N2O3/c1-3-24-17-10-6-15(7-11-17)13-19(23)21-16-8-4-14(5-9-16)12-18(22)20-2/h4-11H,3,12-13H2,1-2H3,(H,20,22)(H,21,23). The molecule has 2 aromatic carbocycles. The molecule has 0 saturated carbocycles. The fourth-order valence-electron chi connectivity index (χ4n) is 2.24. The lowest BCUT2D eigenvalue weighted by Gasteiger charge is -2.08. The van der Waals surface area contributed by atoms with Gasteiger partial charge < -0.3 is 15.4 Å². The predicted molar refractivity (Wildman–Crippen MR) is 94.2 cm³/mol. The molecule has 0 heterocycles. The van der Waals surface area contributed by atoms with Gasteiger partial charge in [-0.1, -0.05) is 24.3 Å². The summed E-state index contributed by atoms with van der Waals surface area (Å²) in [6, 6.07) is 14.8. The maximum atomic E-state index is 12.1. The van der Waals surface area contributed by atoms with Gasteiger partial charge in [-0.25, -0.2) is 0 Å². The number of benzene rings is 2. The number of likely N-dealkylation sites (N-methyl/N-ethyl adjacent to an activating group) is 1. The Morgan fingerprint density at radius 2 is 1.42 bits per heavy atom. The van der Waals surface area contributed by atoms with Gasteiger partial charge in [-0.2, -0.15) is 0 Å². The maximum Gasteiger partial charge on any atom is 0.228 e. The van der Waals surface area contributed by atoms with Crippen LogP contribution in [0.1, 0.15) is 18.1 Å². The fourth-order valence-corrected chi connectivity index (χ4v) is 2.24. The molecule has 0 atom stereocenters. The lowest BCUT2D eigenvalue weighted by molar-refractivity contribution is -0.120. The zero-order valence-corrected chi connectivity index (χ0v) is 14.0. The van der Waals surface area contributed by atoms with Gasteiger partial charge in [0.2, 0.25) is 11.8 Å². The summed E-state index contributed by atoms with van der Waals surface area (Å²) < 4.78 is 5.38. The summed E-state index contributed by atoms with van der Waals surface area (Å²) in [5, 5.41) is 5.44. The van der Waals surface area contributed by atoms with E-state index in [0.29, 0.717) is 25.1 Å². The van der Waals surface area contributed by atoms with Crippen molar-refractivity contribution in [1.82, 2.24) is 5.32 Å². The van der Waals surface area contributed by atoms with Crippen LogP contribution in [0.4, 0.5) is 5.69 Å². The first-order valence-corrected chi connectivity index (χ1v) is 7.92. The van der Waals surface area contributed by atoms with Crippen molar-refractivity contribution in [2.45, 2.75) is 19.8 Å². The first-order chi connectivity index (χ1) is 11.6. The second-order valence-electron chi connectivity index (χ2n) is 5.35. The van der Waals surface area contributed by atoms with E-state index in [4.69, 9.17) is 4.74 Å². The molecular formula is C19H22N2O3. The first-order valence-electron chi connectivity index (χ1n) is 7.92. The Hall–Kier alpha value is -2.82. The number of anilines is 1. The SMILES string of the molecule is CCOc1ccc(CC(=O)Nc2ccc(CC(=O)NC)cc2)cc1. The normalized spacial score (nSPS) is 10.1. The van der Waals surface area contributed by atoms with Gasteiger partial charge in [0, 0.05) is 12.7 Å². The summed E-state index contributed by atoms with van der Waals surface area (Å²) in [4.78, 5) is 23.4. The van der Waals surface area contributed by atoms with Crippen LogP contribution in [0, 0.1) is 0 Å². The van der Waals surface area contributed by atoms with Gasteiger partial charge in [0.05, 0.1) is 19.4 Å². The first kappa shape index (κ1) is 17.5. The van der Waals surface area contributed by atoms with Crippen LogP contribution in [0.25, 0.3) is 0 Å². The van der Waals surface area contributed by atoms with Crippen LogP contribution in [-0.2, 0) is 22.4 Å². The highest BCUT2D eigenvalue weighted by Gasteiger charge is 2.06. The van der Waals surface area contributed by atoms with Crippen molar-refractivity contribution in [1.29, 1.82) is 0 Å². The monoisotopic (exact) mass is 326 g/mol. The van der Waals surface area contributed by atoms with E-state index in [2.05, 4.69) is 10.6 Å². The molecule has 0 aliphatic rings. The Labute approximate surface area is 142 Å². The second-order valence-corrected chi connectivity index (χ2v) is 5.35. The summed E-state index contributed by atoms with van der Waals surface area (Å²) in [5.74, 6) is 0.675. The number of nitrogens with one attached hydrogen (secondary N) is 2. The summed E-state index contributed by atoms with van der Waals surface area (Å²) in [7, 11) is 1.61. The smallest absolute Gasteiger partial charge is 0.228 e. The number of ether oxygens (including phenoxy) is 1. The van der Waals surface area contributed by atoms with Crippen molar-refractivity contribution < 1.29 is 14.3 Å². The van der Waals surface area contributed by atoms with Crippen LogP contribution in [0.15, 0.2) is 48.5 Å². The molecule has 0 radical (unpaired) electrons. The van der Waals surface area contributed by atoms with E-state index in [-0.39, 0.29) is 11.8 Å². The van der Waals surface area contributed by atoms with Gasteiger partial charge in [-0.05, 0) is 42.3 Å². The zero-order valence-electron chi connectivity index (χ0n) is 14.0. The van der Waals surface area contributed by atoms with Crippen LogP contribution in [0.2, 0.25) is 0 Å². The Morgan fingerprint density at radius 3 is 1.96 bits per heavy atom. The molecule has 0 saturated heterocycles. The third-order valence-corrected chi connectivity index (χ3v) is 3.48. The predicted octanol–water partition coefficient (Wildman–Crippen LogP) is 2.56. The van der Waals surface area contributed by atoms with Gasteiger partial charge in [0.1, 0.15) is 5.75 Å². The minimum Gasteiger partial charge on any atom is -0.494 e. The molecule has 0 fully saturated rings. The third kappa shape index (κ3) is 5.43. The van der Waals surface area contributed by atoms with E-state index in [9.17, 15) is 9.59 Å². The average molecular weight is 326 g/mol. The molecular weight excluding hydrogens is 304 g/mol. The minimum absolute atomic E-state index is 0.0396. The molecule has 0 aliphatic heterocycles. The van der Waals surface area contributed by atoms with Gasteiger partial charge in [0.15, 0.2) is 0 Å². The molecule has 2 aromatic rings. The molecule has 24 heavy (non-hydrogen) atoms. The van der Waals surface area contributed by atoms with Crippen molar-refractivity contribution in [2.24, 2.45) is 0 Å². The summed E-state index contributed by atoms with van der Waals surface area (Å²) in [6.45, 7) is 2.55. The Morgan fingerprint density at radius 1 is 0.875 bits per heavy atom. The highest BCUT2D eigenvalue weighted by molar-refractivity contribution is 5.92. The molecule has 0 aliphatic carbocycles. The molecule has 2 amide bonds. The Balaban J connectivity index is 1.88. The number of carbonyl (C=O) groups excluding carboxylic acids is 2. The van der Waals surface area contributed by atoms with E-state index in [0.717, 1.165) is 16.9 Å². The van der Waals surface area contributed by atoms with Crippen molar-refractivity contribution in [3.05, 3.63) is 59.7 Å². The molecule has 2 N–H and O–H groups in total. The lowest BCUT2D eigenvalue weighted by Crippen LogP contribution is -2.20. The van der Waals surface area contributed by atoms with E-state index in [1.165, 1.54) is 0 Å². The Bertz CT molecular complexity index is 679. The number of carbonyl (C=O) groups is 2. The quantitative estimate of drug-likeness (QED) is 0.822. The molecule has 5 heteroatoms. The average Bonchev–Trinajstić information content (AvgIpc) is 2.58. The Kier molecular flexibility index (Phi) is 6.37. The van der Waals surface area contributed by atoms with Crippen LogP contribution in [0.3, 0.4) is 0 Å². The van der Waals surface area contributed by atoms with Gasteiger partial charge in [-0.3, -0.25) is 9.59 Å². The van der Waals surface area contributed by atoms with Crippen LogP contribution < -0.4 is 15.4 Å². The third-order valence-electron chi connectivity index (χ3n) is 3.48. The number of rotatable bonds is 7. The number of hydrogen-bond donors (Lipinski definition) is 2. The summed E-state index contributed by atoms with van der Waals surface area (Å²) >= 11 is 0. The highest BCUT2D eigenvalue weighted by Crippen LogP contribution is 2.14. The highest BCUT2D eigenvalue weighted by atomic mass is 16.5. The molecule has 0 aromatic heterocycles. The molecule has 126 valence electrons. The number of hydrogen-bond acceptors (Lipinski definition) is 3. The summed E-state index contributed by atoms with van der Waals surface area (Å²) in [5.41, 5.74) is 2.54. The summed E-state index contributed by atoms with van der Waals surface area (Å²) in [6.07, 6.45) is 0.628. The van der Waals surface area contributed by atoms with Crippen molar-refractivity contribution in [3.8, 4) is 5.75 Å². The topological polar surface area (TPSA) is 67.4 Å². The van der Waals surface area contributed by atoms with Crippen LogP contribution >= 0.6 is 0 Å². The van der Waals surface area contributed by atoms with Gasteiger partial charge >= 0.3 is 0 Å². The zero-order chi connectivity index (χ0) is 17.4. The van der Waals surface area contributed by atoms with E-state index in [1.54, 1.807) is 19.2 Å². The number of amides is 2. The molecule has 0 spiro atoms. The van der Waals surface area contributed by atoms with Crippen molar-refractivity contribution in [3.63, 3.8) is 0 Å². The minimum atomic E-state index is -0.0850. The van der Waals surface area contributed by atoms with Crippen molar-refractivity contribution >= 4 is 17.5 Å². The van der Waals surface area contributed by atoms with E-state index < -0.39 is 0 Å². The molecule has 5 nitrogen and oxygen atoms in total. The van der Waals surface area contributed by atoms with Crippen LogP contribution in [0.5, 0.6) is 5.75 Å². The second kappa shape index (κ2) is 8.72. The van der Waals surface area contributed by atoms with E-state index in [1.807, 2.05) is 43.3 Å². The fraction of sp³-hybridized carbons (Fsp3) is 0.263. The van der Waals surface area contributed by atoms with Crippen molar-refractivity contribution in [2.75, 3.05) is 19.0 Å². The largest absolute Gasteiger partial charge is 0.494 e. The van der Waals surface area contributed by atoms with Crippen LogP contribution in [-0.4, -0.2) is 25.5 Å². The van der Waals surface area contributed by atoms with Gasteiger partial charge in [0.25, 0.3) is 0 Å². The maximum absolute atomic E-state index is 12.1. The lowest BCUT2D eigenvalue weighted by atomic mass is 10.1. The van der Waals surface area contributed by atoms with E-state index >= 15 is 0 Å². The van der Waals surface area contributed by atoms with Gasteiger partial charge in [-0.15, -0.1) is 0 Å². The molecule has 2 rings (SSSR count). The molecule has 0 unspecified atom stereocenters. The molecule has 0 bridgehead atoms.